The molecule has 188 valence electrons. The molecule has 1 unspecified atom stereocenters. The van der Waals surface area contributed by atoms with Gasteiger partial charge in [-0.25, -0.2) is 0 Å². The molecule has 2 fully saturated rings. The van der Waals surface area contributed by atoms with Crippen LogP contribution >= 0.6 is 11.6 Å². The van der Waals surface area contributed by atoms with E-state index >= 15 is 0 Å². The Labute approximate surface area is 219 Å². The summed E-state index contributed by atoms with van der Waals surface area (Å²) in [7, 11) is 0. The van der Waals surface area contributed by atoms with Gasteiger partial charge >= 0.3 is 0 Å². The molecule has 2 heterocycles. The molecular formula is C31H35ClN2O2. The summed E-state index contributed by atoms with van der Waals surface area (Å²) in [5, 5.41) is 12.0. The van der Waals surface area contributed by atoms with E-state index in [-0.39, 0.29) is 11.8 Å². The van der Waals surface area contributed by atoms with Crippen molar-refractivity contribution in [2.75, 3.05) is 32.7 Å². The maximum atomic E-state index is 14.1. The summed E-state index contributed by atoms with van der Waals surface area (Å²) in [5.74, 6) is 0.384. The van der Waals surface area contributed by atoms with Gasteiger partial charge in [0.1, 0.15) is 5.41 Å². The van der Waals surface area contributed by atoms with Gasteiger partial charge in [-0.3, -0.25) is 4.79 Å². The van der Waals surface area contributed by atoms with Gasteiger partial charge in [-0.1, -0.05) is 84.4 Å². The Hall–Kier alpha value is -2.66. The summed E-state index contributed by atoms with van der Waals surface area (Å²) in [4.78, 5) is 18.5. The van der Waals surface area contributed by atoms with Gasteiger partial charge in [0, 0.05) is 37.1 Å². The number of likely N-dealkylation sites (N-methyl/N-ethyl adjacent to an activating group) is 1. The first-order valence-electron chi connectivity index (χ1n) is 13.1. The Bertz CT molecular complexity index is 1120. The zero-order chi connectivity index (χ0) is 25.2. The number of likely N-dealkylation sites (tertiary alicyclic amines) is 2. The van der Waals surface area contributed by atoms with Crippen LogP contribution in [0.2, 0.25) is 5.02 Å². The smallest absolute Gasteiger partial charge is 0.238 e. The van der Waals surface area contributed by atoms with Crippen LogP contribution < -0.4 is 0 Å². The van der Waals surface area contributed by atoms with Crippen molar-refractivity contribution < 1.29 is 9.90 Å². The molecule has 2 aliphatic heterocycles. The van der Waals surface area contributed by atoms with E-state index in [4.69, 9.17) is 11.6 Å². The third-order valence-corrected chi connectivity index (χ3v) is 8.63. The second-order valence-corrected chi connectivity index (χ2v) is 10.7. The van der Waals surface area contributed by atoms with Crippen LogP contribution in [-0.4, -0.2) is 53.5 Å². The van der Waals surface area contributed by atoms with Gasteiger partial charge < -0.3 is 14.9 Å². The lowest BCUT2D eigenvalue weighted by molar-refractivity contribution is -0.131. The Kier molecular flexibility index (Phi) is 7.21. The molecule has 0 spiro atoms. The molecule has 0 aliphatic carbocycles. The molecule has 0 radical (unpaired) electrons. The van der Waals surface area contributed by atoms with Crippen LogP contribution in [0.4, 0.5) is 0 Å². The molecule has 1 N–H and O–H groups in total. The van der Waals surface area contributed by atoms with E-state index in [0.717, 1.165) is 49.3 Å². The average molecular weight is 503 g/mol. The van der Waals surface area contributed by atoms with Crippen molar-refractivity contribution in [2.24, 2.45) is 5.92 Å². The van der Waals surface area contributed by atoms with Gasteiger partial charge in [0.25, 0.3) is 0 Å². The average Bonchev–Trinajstić information content (AvgIpc) is 3.21. The van der Waals surface area contributed by atoms with Crippen LogP contribution in [0.25, 0.3) is 0 Å². The Balaban J connectivity index is 1.37. The van der Waals surface area contributed by atoms with E-state index in [1.165, 1.54) is 0 Å². The molecule has 5 rings (SSSR count). The molecule has 0 saturated carbocycles. The maximum absolute atomic E-state index is 14.1. The number of carbonyl (C=O) groups excluding carboxylic acids is 1. The van der Waals surface area contributed by atoms with Crippen LogP contribution in [0.5, 0.6) is 0 Å². The number of benzene rings is 3. The van der Waals surface area contributed by atoms with Crippen LogP contribution in [0, 0.1) is 5.92 Å². The molecule has 1 atom stereocenters. The van der Waals surface area contributed by atoms with Gasteiger partial charge in [0.15, 0.2) is 0 Å². The first kappa shape index (κ1) is 25.0. The van der Waals surface area contributed by atoms with Gasteiger partial charge in [0.2, 0.25) is 5.91 Å². The summed E-state index contributed by atoms with van der Waals surface area (Å²) < 4.78 is 0. The highest BCUT2D eigenvalue weighted by Crippen LogP contribution is 2.47. The van der Waals surface area contributed by atoms with Crippen LogP contribution in [0.3, 0.4) is 0 Å². The van der Waals surface area contributed by atoms with E-state index in [2.05, 4.69) is 36.1 Å². The highest BCUT2D eigenvalue weighted by molar-refractivity contribution is 6.30. The quantitative estimate of drug-likeness (QED) is 0.465. The zero-order valence-corrected chi connectivity index (χ0v) is 21.7. The Morgan fingerprint density at radius 3 is 1.94 bits per heavy atom. The lowest BCUT2D eigenvalue weighted by atomic mass is 9.66. The van der Waals surface area contributed by atoms with Crippen molar-refractivity contribution in [1.29, 1.82) is 0 Å². The van der Waals surface area contributed by atoms with Crippen molar-refractivity contribution in [3.63, 3.8) is 0 Å². The molecule has 1 amide bonds. The first-order valence-corrected chi connectivity index (χ1v) is 13.5. The molecule has 0 aromatic heterocycles. The minimum absolute atomic E-state index is 0.173. The normalized spacial score (nSPS) is 21.6. The number of aliphatic hydroxyl groups is 1. The molecule has 2 saturated heterocycles. The molecule has 3 aromatic rings. The monoisotopic (exact) mass is 502 g/mol. The second kappa shape index (κ2) is 10.4. The molecule has 5 heteroatoms. The summed E-state index contributed by atoms with van der Waals surface area (Å²) >= 11 is 6.05. The highest BCUT2D eigenvalue weighted by Gasteiger charge is 2.55. The summed E-state index contributed by atoms with van der Waals surface area (Å²) in [6.07, 6.45) is 2.31. The van der Waals surface area contributed by atoms with Crippen molar-refractivity contribution in [3.05, 3.63) is 107 Å². The third-order valence-electron chi connectivity index (χ3n) is 8.38. The second-order valence-electron chi connectivity index (χ2n) is 10.2. The number of nitrogens with zero attached hydrogens (tertiary/aromatic N) is 2. The van der Waals surface area contributed by atoms with Crippen molar-refractivity contribution in [1.82, 2.24) is 9.80 Å². The highest BCUT2D eigenvalue weighted by atomic mass is 35.5. The number of carbonyl (C=O) groups is 1. The SMILES string of the molecule is CCN1CC(CCN2CCC(O)(c3ccc(Cl)cc3)CC2)C(c2ccccc2)(c2ccccc2)C1=O. The molecule has 2 aliphatic rings. The molecule has 3 aromatic carbocycles. The number of rotatable bonds is 7. The predicted molar refractivity (Wildman–Crippen MR) is 145 cm³/mol. The van der Waals surface area contributed by atoms with Crippen molar-refractivity contribution in [2.45, 2.75) is 37.2 Å². The van der Waals surface area contributed by atoms with E-state index in [9.17, 15) is 9.90 Å². The van der Waals surface area contributed by atoms with E-state index in [0.29, 0.717) is 24.4 Å². The van der Waals surface area contributed by atoms with Gasteiger partial charge in [-0.2, -0.15) is 0 Å². The van der Waals surface area contributed by atoms with Crippen LogP contribution in [0.15, 0.2) is 84.9 Å². The van der Waals surface area contributed by atoms with Gasteiger partial charge in [0.05, 0.1) is 5.60 Å². The number of hydrogen-bond acceptors (Lipinski definition) is 3. The van der Waals surface area contributed by atoms with Crippen molar-refractivity contribution >= 4 is 17.5 Å². The fraction of sp³-hybridized carbons (Fsp3) is 0.387. The summed E-state index contributed by atoms with van der Waals surface area (Å²) in [6.45, 7) is 6.13. The van der Waals surface area contributed by atoms with Crippen molar-refractivity contribution in [3.8, 4) is 0 Å². The molecular weight excluding hydrogens is 468 g/mol. The lowest BCUT2D eigenvalue weighted by Gasteiger charge is -2.40. The first-order chi connectivity index (χ1) is 17.5. The molecule has 36 heavy (non-hydrogen) atoms. The Morgan fingerprint density at radius 1 is 0.861 bits per heavy atom. The standard InChI is InChI=1S/C31H35ClN2O2/c1-2-34-23-27(17-20-33-21-18-30(36,19-22-33)24-13-15-28(32)16-14-24)31(29(34)35,25-9-5-3-6-10-25)26-11-7-4-8-12-26/h3-16,27,36H,2,17-23H2,1H3. The Morgan fingerprint density at radius 2 is 1.42 bits per heavy atom. The molecule has 4 nitrogen and oxygen atoms in total. The van der Waals surface area contributed by atoms with Gasteiger partial charge in [-0.15, -0.1) is 0 Å². The van der Waals surface area contributed by atoms with E-state index in [1.807, 2.05) is 65.6 Å². The predicted octanol–water partition coefficient (Wildman–Crippen LogP) is 5.48. The van der Waals surface area contributed by atoms with Gasteiger partial charge in [-0.05, 0) is 61.6 Å². The summed E-state index contributed by atoms with van der Waals surface area (Å²) in [5.41, 5.74) is 1.63. The fourth-order valence-electron chi connectivity index (χ4n) is 6.31. The summed E-state index contributed by atoms with van der Waals surface area (Å²) in [6, 6.07) is 28.3. The maximum Gasteiger partial charge on any atom is 0.238 e. The number of hydrogen-bond donors (Lipinski definition) is 1. The number of amides is 1. The number of piperidine rings is 1. The largest absolute Gasteiger partial charge is 0.385 e. The lowest BCUT2D eigenvalue weighted by Crippen LogP contribution is -2.45. The topological polar surface area (TPSA) is 43.8 Å². The number of halogens is 1. The van der Waals surface area contributed by atoms with Crippen LogP contribution in [0.1, 0.15) is 42.9 Å². The minimum Gasteiger partial charge on any atom is -0.385 e. The molecule has 0 bridgehead atoms. The van der Waals surface area contributed by atoms with Crippen LogP contribution in [-0.2, 0) is 15.8 Å². The third kappa shape index (κ3) is 4.47. The fourth-order valence-corrected chi connectivity index (χ4v) is 6.44. The van der Waals surface area contributed by atoms with E-state index in [1.54, 1.807) is 0 Å². The minimum atomic E-state index is -0.804. The zero-order valence-electron chi connectivity index (χ0n) is 20.9. The van der Waals surface area contributed by atoms with E-state index < -0.39 is 11.0 Å².